The average Bonchev–Trinajstić information content (AvgIpc) is 2.65. The van der Waals surface area contributed by atoms with Crippen molar-refractivity contribution in [1.29, 1.82) is 5.26 Å². The molecule has 0 aliphatic carbocycles. The zero-order chi connectivity index (χ0) is 9.97. The maximum absolute atomic E-state index is 8.92. The van der Waals surface area contributed by atoms with E-state index in [0.717, 1.165) is 10.9 Å². The Morgan fingerprint density at radius 1 is 1.36 bits per heavy atom. The Kier molecular flexibility index (Phi) is 2.08. The molecular formula is C12H10N2. The molecule has 0 spiro atoms. The largest absolute Gasteiger partial charge is 0.327 e. The molecule has 68 valence electrons. The molecule has 2 aromatic rings. The first-order chi connectivity index (χ1) is 6.86. The molecule has 0 amide bonds. The van der Waals surface area contributed by atoms with E-state index in [1.54, 1.807) is 6.08 Å². The number of fused-ring (bicyclic) bond motifs is 1. The van der Waals surface area contributed by atoms with Gasteiger partial charge in [-0.25, -0.2) is 0 Å². The summed E-state index contributed by atoms with van der Waals surface area (Å²) >= 11 is 0. The quantitative estimate of drug-likeness (QED) is 0.656. The first-order valence-electron chi connectivity index (χ1n) is 4.44. The first kappa shape index (κ1) is 8.58. The number of allylic oxidation sites excluding steroid dienone is 1. The van der Waals surface area contributed by atoms with E-state index in [4.69, 9.17) is 5.26 Å². The van der Waals surface area contributed by atoms with E-state index in [9.17, 15) is 0 Å². The lowest BCUT2D eigenvalue weighted by atomic mass is 10.2. The Bertz CT molecular complexity index is 502. The summed E-state index contributed by atoms with van der Waals surface area (Å²) in [6.45, 7) is 3.65. The second-order valence-electron chi connectivity index (χ2n) is 3.09. The second kappa shape index (κ2) is 3.39. The van der Waals surface area contributed by atoms with Crippen LogP contribution in [0.25, 0.3) is 10.9 Å². The Morgan fingerprint density at radius 3 is 2.86 bits per heavy atom. The maximum Gasteiger partial charge on any atom is 0.139 e. The minimum atomic E-state index is -0.283. The van der Waals surface area contributed by atoms with Crippen LogP contribution in [0.1, 0.15) is 6.04 Å². The van der Waals surface area contributed by atoms with E-state index in [2.05, 4.69) is 12.6 Å². The molecule has 1 aromatic carbocycles. The van der Waals surface area contributed by atoms with Gasteiger partial charge >= 0.3 is 0 Å². The first-order valence-corrected chi connectivity index (χ1v) is 4.44. The summed E-state index contributed by atoms with van der Waals surface area (Å²) in [6.07, 6.45) is 3.56. The van der Waals surface area contributed by atoms with Crippen molar-refractivity contribution in [2.45, 2.75) is 6.04 Å². The van der Waals surface area contributed by atoms with Crippen LogP contribution in [-0.2, 0) is 0 Å². The molecule has 2 nitrogen and oxygen atoms in total. The smallest absolute Gasteiger partial charge is 0.139 e. The van der Waals surface area contributed by atoms with Gasteiger partial charge in [0.2, 0.25) is 0 Å². The molecule has 1 unspecified atom stereocenters. The van der Waals surface area contributed by atoms with Crippen LogP contribution in [0.4, 0.5) is 0 Å². The van der Waals surface area contributed by atoms with E-state index in [-0.39, 0.29) is 6.04 Å². The summed E-state index contributed by atoms with van der Waals surface area (Å²) in [7, 11) is 0. The van der Waals surface area contributed by atoms with Gasteiger partial charge in [0.1, 0.15) is 6.04 Å². The molecule has 0 aliphatic rings. The molecule has 0 N–H and O–H groups in total. The van der Waals surface area contributed by atoms with Gasteiger partial charge in [0.15, 0.2) is 0 Å². The molecule has 1 heterocycles. The molecular weight excluding hydrogens is 172 g/mol. The van der Waals surface area contributed by atoms with Gasteiger partial charge < -0.3 is 4.57 Å². The van der Waals surface area contributed by atoms with Crippen molar-refractivity contribution in [2.24, 2.45) is 0 Å². The molecule has 0 saturated carbocycles. The van der Waals surface area contributed by atoms with Gasteiger partial charge in [-0.15, -0.1) is 0 Å². The van der Waals surface area contributed by atoms with E-state index in [1.807, 2.05) is 41.1 Å². The number of hydrogen-bond donors (Lipinski definition) is 0. The Hall–Kier alpha value is -2.01. The van der Waals surface area contributed by atoms with E-state index >= 15 is 0 Å². The van der Waals surface area contributed by atoms with Crippen LogP contribution in [0.5, 0.6) is 0 Å². The second-order valence-corrected chi connectivity index (χ2v) is 3.09. The molecule has 0 radical (unpaired) electrons. The standard InChI is InChI=1S/C12H10N2/c1-2-11(9-13)14-8-7-10-5-3-4-6-12(10)14/h2-8,11H,1H2. The monoisotopic (exact) mass is 182 g/mol. The average molecular weight is 182 g/mol. The third kappa shape index (κ3) is 1.20. The molecule has 14 heavy (non-hydrogen) atoms. The summed E-state index contributed by atoms with van der Waals surface area (Å²) in [5.74, 6) is 0. The van der Waals surface area contributed by atoms with Crippen molar-refractivity contribution in [2.75, 3.05) is 0 Å². The van der Waals surface area contributed by atoms with Gasteiger partial charge in [-0.2, -0.15) is 5.26 Å². The summed E-state index contributed by atoms with van der Waals surface area (Å²) in [5, 5.41) is 10.1. The van der Waals surface area contributed by atoms with Gasteiger partial charge in [-0.1, -0.05) is 30.9 Å². The fraction of sp³-hybridized carbons (Fsp3) is 0.0833. The van der Waals surface area contributed by atoms with Crippen LogP contribution in [0.15, 0.2) is 49.2 Å². The van der Waals surface area contributed by atoms with Crippen molar-refractivity contribution >= 4 is 10.9 Å². The van der Waals surface area contributed by atoms with E-state index in [1.165, 1.54) is 0 Å². The van der Waals surface area contributed by atoms with Crippen LogP contribution in [0.2, 0.25) is 0 Å². The highest BCUT2D eigenvalue weighted by molar-refractivity contribution is 5.80. The maximum atomic E-state index is 8.92. The van der Waals surface area contributed by atoms with Crippen molar-refractivity contribution in [3.8, 4) is 6.07 Å². The lowest BCUT2D eigenvalue weighted by Gasteiger charge is -2.06. The number of para-hydroxylation sites is 1. The summed E-state index contributed by atoms with van der Waals surface area (Å²) in [4.78, 5) is 0. The van der Waals surface area contributed by atoms with Crippen molar-refractivity contribution in [1.82, 2.24) is 4.57 Å². The van der Waals surface area contributed by atoms with Gasteiger partial charge in [0.05, 0.1) is 6.07 Å². The van der Waals surface area contributed by atoms with Crippen LogP contribution in [0.3, 0.4) is 0 Å². The number of aromatic nitrogens is 1. The Morgan fingerprint density at radius 2 is 2.14 bits per heavy atom. The van der Waals surface area contributed by atoms with Crippen molar-refractivity contribution in [3.05, 3.63) is 49.2 Å². The SMILES string of the molecule is C=CC(C#N)n1ccc2ccccc21. The lowest BCUT2D eigenvalue weighted by molar-refractivity contribution is 0.769. The molecule has 1 atom stereocenters. The van der Waals surface area contributed by atoms with E-state index in [0.29, 0.717) is 0 Å². The minimum absolute atomic E-state index is 0.283. The third-order valence-corrected chi connectivity index (χ3v) is 2.28. The molecule has 0 bridgehead atoms. The zero-order valence-corrected chi connectivity index (χ0v) is 7.72. The van der Waals surface area contributed by atoms with Gasteiger partial charge in [0.25, 0.3) is 0 Å². The normalized spacial score (nSPS) is 12.2. The van der Waals surface area contributed by atoms with Gasteiger partial charge in [-0.3, -0.25) is 0 Å². The van der Waals surface area contributed by atoms with Gasteiger partial charge in [0, 0.05) is 11.7 Å². The summed E-state index contributed by atoms with van der Waals surface area (Å²) in [6, 6.07) is 11.9. The highest BCUT2D eigenvalue weighted by Crippen LogP contribution is 2.19. The third-order valence-electron chi connectivity index (χ3n) is 2.28. The number of nitrogens with zero attached hydrogens (tertiary/aromatic N) is 2. The van der Waals surface area contributed by atoms with Crippen LogP contribution in [0, 0.1) is 11.3 Å². The van der Waals surface area contributed by atoms with Gasteiger partial charge in [-0.05, 0) is 17.5 Å². The fourth-order valence-electron chi connectivity index (χ4n) is 1.58. The molecule has 0 aliphatic heterocycles. The minimum Gasteiger partial charge on any atom is -0.327 e. The predicted molar refractivity (Wildman–Crippen MR) is 56.8 cm³/mol. The van der Waals surface area contributed by atoms with Crippen LogP contribution >= 0.6 is 0 Å². The fourth-order valence-corrected chi connectivity index (χ4v) is 1.58. The molecule has 1 aromatic heterocycles. The topological polar surface area (TPSA) is 28.7 Å². The lowest BCUT2D eigenvalue weighted by Crippen LogP contribution is -2.01. The van der Waals surface area contributed by atoms with Crippen molar-refractivity contribution in [3.63, 3.8) is 0 Å². The Labute approximate surface area is 82.7 Å². The Balaban J connectivity index is 2.64. The van der Waals surface area contributed by atoms with E-state index < -0.39 is 0 Å². The highest BCUT2D eigenvalue weighted by Gasteiger charge is 2.06. The molecule has 0 saturated heterocycles. The van der Waals surface area contributed by atoms with Crippen molar-refractivity contribution < 1.29 is 0 Å². The molecule has 0 fully saturated rings. The number of rotatable bonds is 2. The molecule has 2 rings (SSSR count). The number of nitriles is 1. The predicted octanol–water partition coefficient (Wildman–Crippen LogP) is 2.89. The van der Waals surface area contributed by atoms with Crippen LogP contribution < -0.4 is 0 Å². The highest BCUT2D eigenvalue weighted by atomic mass is 15.0. The number of hydrogen-bond acceptors (Lipinski definition) is 1. The summed E-state index contributed by atoms with van der Waals surface area (Å²) in [5.41, 5.74) is 1.07. The summed E-state index contributed by atoms with van der Waals surface area (Å²) < 4.78 is 1.92. The van der Waals surface area contributed by atoms with Crippen LogP contribution in [-0.4, -0.2) is 4.57 Å². The zero-order valence-electron chi connectivity index (χ0n) is 7.72. The molecule has 2 heteroatoms. The number of benzene rings is 1.